The zero-order chi connectivity index (χ0) is 15.5. The fourth-order valence-electron chi connectivity index (χ4n) is 1.70. The van der Waals surface area contributed by atoms with Crippen LogP contribution in [-0.4, -0.2) is 22.4 Å². The first kappa shape index (κ1) is 16.8. The van der Waals surface area contributed by atoms with Gasteiger partial charge in [-0.05, 0) is 39.0 Å². The number of hydroxylamine groups is 2. The van der Waals surface area contributed by atoms with Crippen LogP contribution in [0.2, 0.25) is 10.0 Å². The third-order valence-electron chi connectivity index (χ3n) is 2.59. The van der Waals surface area contributed by atoms with E-state index in [0.717, 1.165) is 0 Å². The van der Waals surface area contributed by atoms with E-state index in [1.54, 1.807) is 0 Å². The van der Waals surface area contributed by atoms with E-state index >= 15 is 0 Å². The van der Waals surface area contributed by atoms with Crippen LogP contribution in [0.3, 0.4) is 0 Å². The summed E-state index contributed by atoms with van der Waals surface area (Å²) in [6.07, 6.45) is -0.0225. The highest BCUT2D eigenvalue weighted by Crippen LogP contribution is 2.26. The number of halogens is 2. The SMILES string of the molecule is CC(=O)CC(C)(C)N([O-])C(=O)Nc1ccc(Cl)c(Cl)c1. The number of hydrogen-bond donors (Lipinski definition) is 1. The van der Waals surface area contributed by atoms with Gasteiger partial charge in [-0.2, -0.15) is 0 Å². The summed E-state index contributed by atoms with van der Waals surface area (Å²) in [6, 6.07) is 3.61. The van der Waals surface area contributed by atoms with Gasteiger partial charge in [-0.1, -0.05) is 23.2 Å². The number of Topliss-reactive ketones (excluding diaryl/α,β-unsaturated/α-hetero) is 1. The van der Waals surface area contributed by atoms with Crippen molar-refractivity contribution in [2.75, 3.05) is 5.32 Å². The van der Waals surface area contributed by atoms with E-state index < -0.39 is 11.6 Å². The summed E-state index contributed by atoms with van der Waals surface area (Å²) in [7, 11) is 0. The van der Waals surface area contributed by atoms with E-state index in [-0.39, 0.29) is 22.3 Å². The molecular weight excluding hydrogens is 303 g/mol. The molecular formula is C13H15Cl2N2O3-. The first-order chi connectivity index (χ1) is 9.13. The van der Waals surface area contributed by atoms with Crippen molar-refractivity contribution < 1.29 is 9.59 Å². The van der Waals surface area contributed by atoms with E-state index in [1.807, 2.05) is 0 Å². The summed E-state index contributed by atoms with van der Waals surface area (Å²) in [5.41, 5.74) is -0.768. The number of urea groups is 1. The number of benzene rings is 1. The standard InChI is InChI=1S/C13H15Cl2N2O3/c1-8(18)7-13(2,3)17(20)12(19)16-9-4-5-10(14)11(15)6-9/h4-6H,7H2,1-3H3,(H,16,19)/q-1. The molecule has 1 rings (SSSR count). The smallest absolute Gasteiger partial charge is 0.311 e. The summed E-state index contributed by atoms with van der Waals surface area (Å²) >= 11 is 11.6. The molecule has 0 unspecified atom stereocenters. The Bertz CT molecular complexity index is 532. The number of nitrogens with zero attached hydrogens (tertiary/aromatic N) is 1. The van der Waals surface area contributed by atoms with Crippen LogP contribution in [0.1, 0.15) is 27.2 Å². The van der Waals surface area contributed by atoms with Gasteiger partial charge in [0.1, 0.15) is 5.78 Å². The van der Waals surface area contributed by atoms with Crippen LogP contribution in [0.15, 0.2) is 18.2 Å². The molecule has 2 amide bonds. The minimum Gasteiger partial charge on any atom is -0.755 e. The van der Waals surface area contributed by atoms with Crippen molar-refractivity contribution in [2.24, 2.45) is 0 Å². The molecule has 1 N–H and O–H groups in total. The van der Waals surface area contributed by atoms with E-state index in [2.05, 4.69) is 5.32 Å². The van der Waals surface area contributed by atoms with Crippen LogP contribution in [0.4, 0.5) is 10.5 Å². The van der Waals surface area contributed by atoms with Crippen molar-refractivity contribution in [1.82, 2.24) is 5.06 Å². The molecule has 0 atom stereocenters. The van der Waals surface area contributed by atoms with E-state index in [0.29, 0.717) is 10.7 Å². The maximum absolute atomic E-state index is 11.9. The molecule has 0 fully saturated rings. The number of carbonyl (C=O) groups is 2. The molecule has 0 radical (unpaired) electrons. The highest BCUT2D eigenvalue weighted by Gasteiger charge is 2.25. The van der Waals surface area contributed by atoms with Crippen molar-refractivity contribution >= 4 is 40.7 Å². The Morgan fingerprint density at radius 3 is 2.40 bits per heavy atom. The van der Waals surface area contributed by atoms with Crippen LogP contribution in [0, 0.1) is 5.21 Å². The first-order valence-corrected chi connectivity index (χ1v) is 6.62. The average Bonchev–Trinajstić information content (AvgIpc) is 2.31. The van der Waals surface area contributed by atoms with Crippen LogP contribution >= 0.6 is 23.2 Å². The highest BCUT2D eigenvalue weighted by atomic mass is 35.5. The molecule has 20 heavy (non-hydrogen) atoms. The van der Waals surface area contributed by atoms with E-state index in [9.17, 15) is 14.8 Å². The Balaban J connectivity index is 2.79. The zero-order valence-electron chi connectivity index (χ0n) is 11.4. The molecule has 0 aliphatic rings. The first-order valence-electron chi connectivity index (χ1n) is 5.86. The Hall–Kier alpha value is -1.30. The lowest BCUT2D eigenvalue weighted by atomic mass is 9.98. The van der Waals surface area contributed by atoms with Gasteiger partial charge in [0, 0.05) is 17.6 Å². The maximum Gasteiger partial charge on any atom is 0.311 e. The van der Waals surface area contributed by atoms with E-state index in [4.69, 9.17) is 23.2 Å². The van der Waals surface area contributed by atoms with Crippen molar-refractivity contribution in [1.29, 1.82) is 0 Å². The van der Waals surface area contributed by atoms with Gasteiger partial charge >= 0.3 is 6.03 Å². The Labute approximate surface area is 127 Å². The van der Waals surface area contributed by atoms with Crippen molar-refractivity contribution in [2.45, 2.75) is 32.7 Å². The number of ketones is 1. The van der Waals surface area contributed by atoms with Gasteiger partial charge in [0.05, 0.1) is 10.0 Å². The number of nitrogens with one attached hydrogen (secondary N) is 1. The number of amides is 2. The molecule has 0 aliphatic carbocycles. The topological polar surface area (TPSA) is 72.5 Å². The van der Waals surface area contributed by atoms with Gasteiger partial charge in [-0.15, -0.1) is 0 Å². The normalized spacial score (nSPS) is 11.1. The average molecular weight is 318 g/mol. The van der Waals surface area contributed by atoms with Gasteiger partial charge in [0.25, 0.3) is 0 Å². The predicted octanol–water partition coefficient (Wildman–Crippen LogP) is 4.08. The summed E-state index contributed by atoms with van der Waals surface area (Å²) in [4.78, 5) is 22.9. The fourth-order valence-corrected chi connectivity index (χ4v) is 2.00. The van der Waals surface area contributed by atoms with Gasteiger partial charge in [0.15, 0.2) is 0 Å². The molecule has 0 spiro atoms. The number of rotatable bonds is 4. The second-order valence-electron chi connectivity index (χ2n) is 5.04. The predicted molar refractivity (Wildman–Crippen MR) is 80.1 cm³/mol. The lowest BCUT2D eigenvalue weighted by Gasteiger charge is -2.43. The van der Waals surface area contributed by atoms with Crippen LogP contribution in [-0.2, 0) is 4.79 Å². The molecule has 0 bridgehead atoms. The number of anilines is 1. The fraction of sp³-hybridized carbons (Fsp3) is 0.385. The molecule has 1 aromatic rings. The molecule has 1 aromatic carbocycles. The molecule has 0 heterocycles. The minimum absolute atomic E-state index is 0.0225. The quantitative estimate of drug-likeness (QED) is 0.850. The highest BCUT2D eigenvalue weighted by molar-refractivity contribution is 6.42. The molecule has 0 aromatic heterocycles. The van der Waals surface area contributed by atoms with Gasteiger partial charge in [0.2, 0.25) is 0 Å². The van der Waals surface area contributed by atoms with E-state index in [1.165, 1.54) is 39.0 Å². The van der Waals surface area contributed by atoms with Crippen LogP contribution in [0.5, 0.6) is 0 Å². The van der Waals surface area contributed by atoms with Crippen LogP contribution in [0.25, 0.3) is 0 Å². The monoisotopic (exact) mass is 317 g/mol. The largest absolute Gasteiger partial charge is 0.755 e. The molecule has 7 heteroatoms. The maximum atomic E-state index is 11.9. The number of carbonyl (C=O) groups excluding carboxylic acids is 2. The zero-order valence-corrected chi connectivity index (χ0v) is 12.9. The third kappa shape index (κ3) is 4.37. The minimum atomic E-state index is -1.12. The molecule has 0 saturated heterocycles. The summed E-state index contributed by atoms with van der Waals surface area (Å²) in [6.45, 7) is 4.41. The molecule has 0 aliphatic heterocycles. The summed E-state index contributed by atoms with van der Waals surface area (Å²) in [5.74, 6) is -0.168. The van der Waals surface area contributed by atoms with Gasteiger partial charge < -0.3 is 15.6 Å². The summed E-state index contributed by atoms with van der Waals surface area (Å²) < 4.78 is 0. The summed E-state index contributed by atoms with van der Waals surface area (Å²) in [5, 5.41) is 15.2. The second-order valence-corrected chi connectivity index (χ2v) is 5.86. The Morgan fingerprint density at radius 2 is 1.90 bits per heavy atom. The van der Waals surface area contributed by atoms with Gasteiger partial charge in [-0.3, -0.25) is 4.79 Å². The Morgan fingerprint density at radius 1 is 1.30 bits per heavy atom. The van der Waals surface area contributed by atoms with Crippen molar-refractivity contribution in [3.05, 3.63) is 33.5 Å². The molecule has 110 valence electrons. The Kier molecular flexibility index (Phi) is 5.39. The van der Waals surface area contributed by atoms with Crippen molar-refractivity contribution in [3.63, 3.8) is 0 Å². The van der Waals surface area contributed by atoms with Gasteiger partial charge in [-0.25, -0.2) is 4.79 Å². The second kappa shape index (κ2) is 6.43. The lowest BCUT2D eigenvalue weighted by molar-refractivity contribution is -0.118. The lowest BCUT2D eigenvalue weighted by Crippen LogP contribution is -2.46. The number of hydrogen-bond acceptors (Lipinski definition) is 3. The third-order valence-corrected chi connectivity index (χ3v) is 3.33. The molecule has 0 saturated carbocycles. The van der Waals surface area contributed by atoms with Crippen LogP contribution < -0.4 is 5.32 Å². The van der Waals surface area contributed by atoms with Crippen molar-refractivity contribution in [3.8, 4) is 0 Å². The molecule has 5 nitrogen and oxygen atoms in total.